The molecule has 0 N–H and O–H groups in total. The number of methoxy groups -OCH3 is 2. The van der Waals surface area contributed by atoms with Gasteiger partial charge in [0.1, 0.15) is 17.2 Å². The van der Waals surface area contributed by atoms with Crippen LogP contribution in [0.3, 0.4) is 0 Å². The Morgan fingerprint density at radius 1 is 1.19 bits per heavy atom. The fourth-order valence-electron chi connectivity index (χ4n) is 3.30. The van der Waals surface area contributed by atoms with E-state index in [2.05, 4.69) is 15.9 Å². The second kappa shape index (κ2) is 8.85. The van der Waals surface area contributed by atoms with E-state index in [0.717, 1.165) is 34.4 Å². The van der Waals surface area contributed by atoms with E-state index < -0.39 is 0 Å². The molecule has 0 aliphatic carbocycles. The van der Waals surface area contributed by atoms with E-state index in [4.69, 9.17) is 25.8 Å². The van der Waals surface area contributed by atoms with Crippen LogP contribution in [0.15, 0.2) is 40.9 Å². The summed E-state index contributed by atoms with van der Waals surface area (Å²) in [7, 11) is 3.26. The van der Waals surface area contributed by atoms with E-state index in [-0.39, 0.29) is 18.6 Å². The van der Waals surface area contributed by atoms with Crippen molar-refractivity contribution in [1.82, 2.24) is 4.90 Å². The Morgan fingerprint density at radius 2 is 1.96 bits per heavy atom. The number of carbonyl (C=O) groups excluding carboxylic acids is 1. The predicted molar refractivity (Wildman–Crippen MR) is 108 cm³/mol. The van der Waals surface area contributed by atoms with Gasteiger partial charge in [-0.05, 0) is 65.2 Å². The van der Waals surface area contributed by atoms with Gasteiger partial charge >= 0.3 is 0 Å². The highest BCUT2D eigenvalue weighted by Gasteiger charge is 2.32. The SMILES string of the molecule is COc1ccc(OC)c([C@@H]2CCCN2C(=O)COc2ccc(Cl)cc2Br)c1. The zero-order chi connectivity index (χ0) is 19.4. The average molecular weight is 455 g/mol. The Morgan fingerprint density at radius 3 is 2.67 bits per heavy atom. The maximum Gasteiger partial charge on any atom is 0.261 e. The second-order valence-corrected chi connectivity index (χ2v) is 7.51. The van der Waals surface area contributed by atoms with Crippen LogP contribution in [0, 0.1) is 0 Å². The zero-order valence-corrected chi connectivity index (χ0v) is 17.5. The molecule has 144 valence electrons. The molecule has 0 radical (unpaired) electrons. The molecule has 7 heteroatoms. The van der Waals surface area contributed by atoms with E-state index in [1.807, 2.05) is 23.1 Å². The quantitative estimate of drug-likeness (QED) is 0.625. The second-order valence-electron chi connectivity index (χ2n) is 6.22. The lowest BCUT2D eigenvalue weighted by molar-refractivity contribution is -0.134. The van der Waals surface area contributed by atoms with Gasteiger partial charge in [-0.2, -0.15) is 0 Å². The molecule has 1 aliphatic heterocycles. The lowest BCUT2D eigenvalue weighted by Gasteiger charge is -2.26. The van der Waals surface area contributed by atoms with E-state index in [0.29, 0.717) is 17.3 Å². The third-order valence-electron chi connectivity index (χ3n) is 4.61. The monoisotopic (exact) mass is 453 g/mol. The van der Waals surface area contributed by atoms with E-state index in [1.54, 1.807) is 32.4 Å². The first kappa shape index (κ1) is 19.8. The number of ether oxygens (including phenoxy) is 3. The van der Waals surface area contributed by atoms with Crippen LogP contribution in [0.1, 0.15) is 24.4 Å². The summed E-state index contributed by atoms with van der Waals surface area (Å²) in [5, 5.41) is 0.602. The maximum atomic E-state index is 12.8. The number of rotatable bonds is 6. The van der Waals surface area contributed by atoms with Crippen molar-refractivity contribution in [2.45, 2.75) is 18.9 Å². The largest absolute Gasteiger partial charge is 0.497 e. The first-order chi connectivity index (χ1) is 13.0. The summed E-state index contributed by atoms with van der Waals surface area (Å²) < 4.78 is 17.3. The average Bonchev–Trinajstić information content (AvgIpc) is 3.16. The normalized spacial score (nSPS) is 16.3. The minimum Gasteiger partial charge on any atom is -0.497 e. The highest BCUT2D eigenvalue weighted by Crippen LogP contribution is 2.39. The number of amides is 1. The summed E-state index contributed by atoms with van der Waals surface area (Å²) in [6, 6.07) is 10.8. The minimum absolute atomic E-state index is 0.0387. The molecule has 1 atom stereocenters. The summed E-state index contributed by atoms with van der Waals surface area (Å²) >= 11 is 9.34. The van der Waals surface area contributed by atoms with Crippen LogP contribution < -0.4 is 14.2 Å². The molecule has 0 aromatic heterocycles. The molecule has 1 heterocycles. The molecule has 1 saturated heterocycles. The highest BCUT2D eigenvalue weighted by atomic mass is 79.9. The molecule has 1 fully saturated rings. The van der Waals surface area contributed by atoms with Crippen LogP contribution in [0.2, 0.25) is 5.02 Å². The molecule has 0 saturated carbocycles. The van der Waals surface area contributed by atoms with Gasteiger partial charge in [0, 0.05) is 17.1 Å². The molecule has 5 nitrogen and oxygen atoms in total. The van der Waals surface area contributed by atoms with Crippen molar-refractivity contribution >= 4 is 33.4 Å². The fraction of sp³-hybridized carbons (Fsp3) is 0.350. The van der Waals surface area contributed by atoms with Gasteiger partial charge in [-0.15, -0.1) is 0 Å². The summed E-state index contributed by atoms with van der Waals surface area (Å²) in [5.41, 5.74) is 0.954. The maximum absolute atomic E-state index is 12.8. The summed E-state index contributed by atoms with van der Waals surface area (Å²) in [4.78, 5) is 14.7. The van der Waals surface area contributed by atoms with Gasteiger partial charge in [0.05, 0.1) is 24.7 Å². The summed E-state index contributed by atoms with van der Waals surface area (Å²) in [5.74, 6) is 2.01. The Labute approximate surface area is 172 Å². The first-order valence-corrected chi connectivity index (χ1v) is 9.80. The molecule has 0 unspecified atom stereocenters. The number of carbonyl (C=O) groups is 1. The summed E-state index contributed by atoms with van der Waals surface area (Å²) in [6.07, 6.45) is 1.81. The van der Waals surface area contributed by atoms with Crippen molar-refractivity contribution < 1.29 is 19.0 Å². The van der Waals surface area contributed by atoms with Crippen molar-refractivity contribution in [3.63, 3.8) is 0 Å². The third-order valence-corrected chi connectivity index (χ3v) is 5.47. The Hall–Kier alpha value is -1.92. The van der Waals surface area contributed by atoms with Gasteiger partial charge in [-0.25, -0.2) is 0 Å². The summed E-state index contributed by atoms with van der Waals surface area (Å²) in [6.45, 7) is 0.651. The number of hydrogen-bond acceptors (Lipinski definition) is 4. The van der Waals surface area contributed by atoms with Gasteiger partial charge in [0.15, 0.2) is 6.61 Å². The van der Waals surface area contributed by atoms with Crippen molar-refractivity contribution in [3.05, 3.63) is 51.5 Å². The number of hydrogen-bond donors (Lipinski definition) is 0. The van der Waals surface area contributed by atoms with Crippen LogP contribution in [-0.4, -0.2) is 38.2 Å². The number of halogens is 2. The number of likely N-dealkylation sites (tertiary alicyclic amines) is 1. The highest BCUT2D eigenvalue weighted by molar-refractivity contribution is 9.10. The van der Waals surface area contributed by atoms with Gasteiger partial charge in [0.25, 0.3) is 5.91 Å². The van der Waals surface area contributed by atoms with Crippen LogP contribution in [-0.2, 0) is 4.79 Å². The molecule has 2 aromatic carbocycles. The van der Waals surface area contributed by atoms with E-state index >= 15 is 0 Å². The van der Waals surface area contributed by atoms with Crippen LogP contribution in [0.25, 0.3) is 0 Å². The van der Waals surface area contributed by atoms with E-state index in [1.165, 1.54) is 0 Å². The van der Waals surface area contributed by atoms with E-state index in [9.17, 15) is 4.79 Å². The number of nitrogens with zero attached hydrogens (tertiary/aromatic N) is 1. The predicted octanol–water partition coefficient (Wildman–Crippen LogP) is 4.86. The molecule has 0 spiro atoms. The minimum atomic E-state index is -0.0655. The van der Waals surface area contributed by atoms with Crippen LogP contribution in [0.5, 0.6) is 17.2 Å². The van der Waals surface area contributed by atoms with Crippen molar-refractivity contribution in [2.24, 2.45) is 0 Å². The van der Waals surface area contributed by atoms with Crippen molar-refractivity contribution in [1.29, 1.82) is 0 Å². The smallest absolute Gasteiger partial charge is 0.261 e. The standard InChI is InChI=1S/C20H21BrClNO4/c1-25-14-6-8-18(26-2)15(11-14)17-4-3-9-23(17)20(24)12-27-19-7-5-13(22)10-16(19)21/h5-8,10-11,17H,3-4,9,12H2,1-2H3/t17-/m0/s1. The third kappa shape index (κ3) is 4.50. The van der Waals surface area contributed by atoms with Crippen molar-refractivity contribution in [3.8, 4) is 17.2 Å². The van der Waals surface area contributed by atoms with Gasteiger partial charge in [0.2, 0.25) is 0 Å². The Bertz CT molecular complexity index is 830. The van der Waals surface area contributed by atoms with Gasteiger partial charge in [-0.3, -0.25) is 4.79 Å². The molecular formula is C20H21BrClNO4. The van der Waals surface area contributed by atoms with Crippen LogP contribution >= 0.6 is 27.5 Å². The Balaban J connectivity index is 1.75. The molecule has 27 heavy (non-hydrogen) atoms. The van der Waals surface area contributed by atoms with Crippen LogP contribution in [0.4, 0.5) is 0 Å². The lowest BCUT2D eigenvalue weighted by atomic mass is 10.0. The van der Waals surface area contributed by atoms with Gasteiger partial charge in [-0.1, -0.05) is 11.6 Å². The van der Waals surface area contributed by atoms with Gasteiger partial charge < -0.3 is 19.1 Å². The molecule has 1 aliphatic rings. The topological polar surface area (TPSA) is 48.0 Å². The molecule has 3 rings (SSSR count). The molecule has 2 aromatic rings. The molecule has 1 amide bonds. The molecule has 0 bridgehead atoms. The zero-order valence-electron chi connectivity index (χ0n) is 15.2. The Kier molecular flexibility index (Phi) is 6.50. The lowest BCUT2D eigenvalue weighted by Crippen LogP contribution is -2.34. The molecular weight excluding hydrogens is 434 g/mol. The van der Waals surface area contributed by atoms with Crippen molar-refractivity contribution in [2.75, 3.05) is 27.4 Å². The first-order valence-electron chi connectivity index (χ1n) is 8.62. The number of benzene rings is 2. The fourth-order valence-corrected chi connectivity index (χ4v) is 4.10.